The lowest BCUT2D eigenvalue weighted by Gasteiger charge is -2.16. The van der Waals surface area contributed by atoms with E-state index in [4.69, 9.17) is 39.5 Å². The predicted octanol–water partition coefficient (Wildman–Crippen LogP) is 4.19. The van der Waals surface area contributed by atoms with Crippen LogP contribution in [0.4, 0.5) is 0 Å². The number of esters is 1. The van der Waals surface area contributed by atoms with E-state index in [2.05, 4.69) is 0 Å². The molecule has 1 fully saturated rings. The molecule has 0 aliphatic heterocycles. The van der Waals surface area contributed by atoms with Gasteiger partial charge in [-0.1, -0.05) is 47.6 Å². The number of carbonyl (C=O) groups is 2. The van der Waals surface area contributed by atoms with Gasteiger partial charge in [-0.2, -0.15) is 0 Å². The van der Waals surface area contributed by atoms with Crippen LogP contribution in [0.1, 0.15) is 53.1 Å². The van der Waals surface area contributed by atoms with Gasteiger partial charge in [0.1, 0.15) is 5.69 Å². The standard InChI is InChI=1S/C14H16Cl3NO3/c1-8(5-9-3-4-9)18-7-10(12(19)14(15,16)17)6-11(18)13(20)21-2/h6-9H,3-5H2,1-2H3. The summed E-state index contributed by atoms with van der Waals surface area (Å²) < 4.78 is 4.44. The maximum Gasteiger partial charge on any atom is 0.354 e. The largest absolute Gasteiger partial charge is 0.464 e. The average Bonchev–Trinajstić information content (AvgIpc) is 3.10. The summed E-state index contributed by atoms with van der Waals surface area (Å²) in [6.45, 7) is 1.99. The molecule has 0 saturated heterocycles. The van der Waals surface area contributed by atoms with Crippen LogP contribution in [-0.2, 0) is 4.74 Å². The molecule has 21 heavy (non-hydrogen) atoms. The number of nitrogens with zero attached hydrogens (tertiary/aromatic N) is 1. The molecular formula is C14H16Cl3NO3. The van der Waals surface area contributed by atoms with Crippen molar-refractivity contribution >= 4 is 46.6 Å². The molecule has 1 atom stereocenters. The van der Waals surface area contributed by atoms with Gasteiger partial charge in [-0.3, -0.25) is 4.79 Å². The molecule has 0 aromatic carbocycles. The van der Waals surface area contributed by atoms with Crippen molar-refractivity contribution in [1.82, 2.24) is 4.57 Å². The van der Waals surface area contributed by atoms with Crippen LogP contribution in [0.5, 0.6) is 0 Å². The van der Waals surface area contributed by atoms with Gasteiger partial charge in [-0.05, 0) is 25.3 Å². The molecule has 1 heterocycles. The van der Waals surface area contributed by atoms with Crippen molar-refractivity contribution in [3.8, 4) is 0 Å². The van der Waals surface area contributed by atoms with Gasteiger partial charge in [-0.25, -0.2) is 4.79 Å². The number of halogens is 3. The minimum atomic E-state index is -2.04. The molecule has 1 aromatic heterocycles. The Bertz CT molecular complexity index is 558. The Balaban J connectivity index is 2.34. The number of ether oxygens (including phenoxy) is 1. The summed E-state index contributed by atoms with van der Waals surface area (Å²) in [5, 5.41) is 0. The lowest BCUT2D eigenvalue weighted by Crippen LogP contribution is -2.18. The number of rotatable bonds is 5. The SMILES string of the molecule is COC(=O)c1cc(C(=O)C(Cl)(Cl)Cl)cn1C(C)CC1CC1. The zero-order valence-electron chi connectivity index (χ0n) is 11.7. The monoisotopic (exact) mass is 351 g/mol. The Kier molecular flexibility index (Phi) is 4.91. The summed E-state index contributed by atoms with van der Waals surface area (Å²) in [5.41, 5.74) is 0.487. The van der Waals surface area contributed by atoms with Crippen molar-refractivity contribution in [1.29, 1.82) is 0 Å². The lowest BCUT2D eigenvalue weighted by molar-refractivity contribution is 0.0585. The molecule has 2 rings (SSSR count). The van der Waals surface area contributed by atoms with E-state index in [1.165, 1.54) is 26.0 Å². The van der Waals surface area contributed by atoms with Gasteiger partial charge in [0, 0.05) is 17.8 Å². The van der Waals surface area contributed by atoms with Gasteiger partial charge in [0.15, 0.2) is 0 Å². The fourth-order valence-corrected chi connectivity index (χ4v) is 2.68. The smallest absolute Gasteiger partial charge is 0.354 e. The minimum Gasteiger partial charge on any atom is -0.464 e. The second-order valence-electron chi connectivity index (χ2n) is 5.37. The van der Waals surface area contributed by atoms with E-state index >= 15 is 0 Å². The zero-order chi connectivity index (χ0) is 15.8. The third-order valence-electron chi connectivity index (χ3n) is 3.61. The third kappa shape index (κ3) is 3.93. The molecule has 0 spiro atoms. The van der Waals surface area contributed by atoms with Crippen LogP contribution in [-0.4, -0.2) is 27.2 Å². The Morgan fingerprint density at radius 2 is 2.05 bits per heavy atom. The molecule has 1 aliphatic carbocycles. The first kappa shape index (κ1) is 16.7. The first-order valence-corrected chi connectivity index (χ1v) is 7.79. The van der Waals surface area contributed by atoms with Gasteiger partial charge >= 0.3 is 5.97 Å². The maximum absolute atomic E-state index is 12.0. The average molecular weight is 353 g/mol. The molecule has 0 N–H and O–H groups in total. The summed E-state index contributed by atoms with van der Waals surface area (Å²) in [6, 6.07) is 1.49. The number of carbonyl (C=O) groups excluding carboxylic acids is 2. The molecule has 116 valence electrons. The molecule has 1 aromatic rings. The van der Waals surface area contributed by atoms with Gasteiger partial charge in [0.05, 0.1) is 7.11 Å². The lowest BCUT2D eigenvalue weighted by atomic mass is 10.1. The van der Waals surface area contributed by atoms with E-state index in [-0.39, 0.29) is 11.6 Å². The number of ketones is 1. The van der Waals surface area contributed by atoms with E-state index in [1.54, 1.807) is 10.8 Å². The number of Topliss-reactive ketones (excluding diaryl/α,β-unsaturated/α-hetero) is 1. The van der Waals surface area contributed by atoms with Crippen LogP contribution in [0, 0.1) is 5.92 Å². The van der Waals surface area contributed by atoms with Crippen LogP contribution >= 0.6 is 34.8 Å². The van der Waals surface area contributed by atoms with Crippen LogP contribution < -0.4 is 0 Å². The minimum absolute atomic E-state index is 0.0727. The summed E-state index contributed by atoms with van der Waals surface area (Å²) >= 11 is 16.9. The van der Waals surface area contributed by atoms with Crippen molar-refractivity contribution in [3.05, 3.63) is 23.5 Å². The molecule has 1 saturated carbocycles. The topological polar surface area (TPSA) is 48.3 Å². The first-order chi connectivity index (χ1) is 9.74. The van der Waals surface area contributed by atoms with Gasteiger partial charge in [0.25, 0.3) is 3.79 Å². The van der Waals surface area contributed by atoms with Crippen molar-refractivity contribution in [2.75, 3.05) is 7.11 Å². The Labute approximate surface area is 138 Å². The summed E-state index contributed by atoms with van der Waals surface area (Å²) in [7, 11) is 1.29. The van der Waals surface area contributed by atoms with Crippen LogP contribution in [0.3, 0.4) is 0 Å². The molecule has 1 aliphatic rings. The third-order valence-corrected chi connectivity index (χ3v) is 4.12. The Hall–Kier alpha value is -0.710. The molecule has 1 unspecified atom stereocenters. The highest BCUT2D eigenvalue weighted by atomic mass is 35.6. The van der Waals surface area contributed by atoms with Gasteiger partial charge in [-0.15, -0.1) is 0 Å². The number of hydrogen-bond acceptors (Lipinski definition) is 3. The highest BCUT2D eigenvalue weighted by molar-refractivity contribution is 6.77. The Morgan fingerprint density at radius 1 is 1.43 bits per heavy atom. The van der Waals surface area contributed by atoms with E-state index < -0.39 is 15.5 Å². The normalized spacial score (nSPS) is 16.6. The number of hydrogen-bond donors (Lipinski definition) is 0. The molecule has 0 bridgehead atoms. The second kappa shape index (κ2) is 6.19. The molecule has 0 radical (unpaired) electrons. The first-order valence-electron chi connectivity index (χ1n) is 6.65. The Morgan fingerprint density at radius 3 is 2.52 bits per heavy atom. The van der Waals surface area contributed by atoms with E-state index in [0.29, 0.717) is 11.6 Å². The quantitative estimate of drug-likeness (QED) is 0.453. The van der Waals surface area contributed by atoms with Crippen molar-refractivity contribution in [2.45, 2.75) is 36.0 Å². The summed E-state index contributed by atoms with van der Waals surface area (Å²) in [5.74, 6) is -0.490. The second-order valence-corrected chi connectivity index (χ2v) is 7.65. The van der Waals surface area contributed by atoms with Gasteiger partial charge in [0.2, 0.25) is 5.78 Å². The zero-order valence-corrected chi connectivity index (χ0v) is 14.0. The molecule has 4 nitrogen and oxygen atoms in total. The van der Waals surface area contributed by atoms with Crippen molar-refractivity contribution < 1.29 is 14.3 Å². The van der Waals surface area contributed by atoms with Crippen LogP contribution in [0.15, 0.2) is 12.3 Å². The molecular weight excluding hydrogens is 337 g/mol. The van der Waals surface area contributed by atoms with Crippen molar-refractivity contribution in [3.63, 3.8) is 0 Å². The van der Waals surface area contributed by atoms with Crippen LogP contribution in [0.2, 0.25) is 0 Å². The molecule has 0 amide bonds. The van der Waals surface area contributed by atoms with E-state index in [1.807, 2.05) is 6.92 Å². The summed E-state index contributed by atoms with van der Waals surface area (Å²) in [6.07, 6.45) is 4.92. The maximum atomic E-state index is 12.0. The molecule has 7 heteroatoms. The highest BCUT2D eigenvalue weighted by Gasteiger charge is 2.34. The van der Waals surface area contributed by atoms with Crippen molar-refractivity contribution in [2.24, 2.45) is 5.92 Å². The van der Waals surface area contributed by atoms with E-state index in [9.17, 15) is 9.59 Å². The van der Waals surface area contributed by atoms with Gasteiger partial charge < -0.3 is 9.30 Å². The number of methoxy groups -OCH3 is 1. The fraction of sp³-hybridized carbons (Fsp3) is 0.571. The van der Waals surface area contributed by atoms with E-state index in [0.717, 1.165) is 6.42 Å². The number of aromatic nitrogens is 1. The fourth-order valence-electron chi connectivity index (χ4n) is 2.35. The summed E-state index contributed by atoms with van der Waals surface area (Å²) in [4.78, 5) is 23.9. The predicted molar refractivity (Wildman–Crippen MR) is 82.4 cm³/mol. The highest BCUT2D eigenvalue weighted by Crippen LogP contribution is 2.38. The van der Waals surface area contributed by atoms with Crippen LogP contribution in [0.25, 0.3) is 0 Å². The number of alkyl halides is 3.